The summed E-state index contributed by atoms with van der Waals surface area (Å²) in [6, 6.07) is 7.08. The molecule has 172 valence electrons. The van der Waals surface area contributed by atoms with Gasteiger partial charge >= 0.3 is 0 Å². The molecule has 2 aliphatic rings. The molecule has 1 heterocycles. The minimum atomic E-state index is 0.403. The van der Waals surface area contributed by atoms with Crippen molar-refractivity contribution in [2.24, 2.45) is 0 Å². The third kappa shape index (κ3) is 5.31. The van der Waals surface area contributed by atoms with Gasteiger partial charge in [0.05, 0.1) is 5.69 Å². The van der Waals surface area contributed by atoms with Gasteiger partial charge < -0.3 is 20.9 Å². The third-order valence-corrected chi connectivity index (χ3v) is 7.05. The van der Waals surface area contributed by atoms with Crippen LogP contribution in [0.5, 0.6) is 0 Å². The van der Waals surface area contributed by atoms with Gasteiger partial charge in [-0.3, -0.25) is 0 Å². The quantitative estimate of drug-likeness (QED) is 0.566. The van der Waals surface area contributed by atoms with E-state index in [-0.39, 0.29) is 0 Å². The molecule has 1 fully saturated rings. The zero-order valence-electron chi connectivity index (χ0n) is 19.8. The molecule has 0 unspecified atom stereocenters. The van der Waals surface area contributed by atoms with Crippen molar-refractivity contribution in [2.45, 2.75) is 77.3 Å². The van der Waals surface area contributed by atoms with Crippen molar-refractivity contribution in [2.75, 3.05) is 29.6 Å². The molecular weight excluding hydrogens is 416 g/mol. The maximum absolute atomic E-state index is 5.59. The van der Waals surface area contributed by atoms with E-state index < -0.39 is 0 Å². The number of nitrogens with one attached hydrogen (secondary N) is 3. The van der Waals surface area contributed by atoms with Crippen LogP contribution < -0.4 is 20.9 Å². The predicted molar refractivity (Wildman–Crippen MR) is 138 cm³/mol. The fraction of sp³-hybridized carbons (Fsp3) is 0.560. The van der Waals surface area contributed by atoms with Gasteiger partial charge in [-0.1, -0.05) is 12.1 Å². The van der Waals surface area contributed by atoms with E-state index in [1.807, 2.05) is 0 Å². The Bertz CT molecular complexity index is 965. The van der Waals surface area contributed by atoms with Gasteiger partial charge in [-0.2, -0.15) is 4.98 Å². The molecule has 0 bridgehead atoms. The third-order valence-electron chi connectivity index (χ3n) is 6.83. The highest BCUT2D eigenvalue weighted by atomic mass is 32.1. The molecule has 2 aliphatic carbocycles. The second-order valence-electron chi connectivity index (χ2n) is 9.44. The summed E-state index contributed by atoms with van der Waals surface area (Å²) < 4.78 is 0. The van der Waals surface area contributed by atoms with Crippen molar-refractivity contribution in [3.63, 3.8) is 0 Å². The normalized spacial score (nSPS) is 20.2. The Morgan fingerprint density at radius 1 is 1.00 bits per heavy atom. The standard InChI is InChI=1S/C25H36N6S/c1-16-8-7-11-21(17(16)2)29-25(32)27-19-14-12-18(13-15-19)26-24-28-22-10-6-5-9-20(22)23(30-24)31(3)4/h7-8,11,18-19H,5-6,9-10,12-15H2,1-4H3,(H,26,28,30)(H2,27,29,32)/t18-,19+. The summed E-state index contributed by atoms with van der Waals surface area (Å²) in [5.74, 6) is 1.87. The predicted octanol–water partition coefficient (Wildman–Crippen LogP) is 4.75. The largest absolute Gasteiger partial charge is 0.362 e. The first-order valence-electron chi connectivity index (χ1n) is 11.9. The maximum atomic E-state index is 5.59. The highest BCUT2D eigenvalue weighted by molar-refractivity contribution is 7.80. The van der Waals surface area contributed by atoms with Crippen molar-refractivity contribution in [3.8, 4) is 0 Å². The van der Waals surface area contributed by atoms with E-state index in [9.17, 15) is 0 Å². The van der Waals surface area contributed by atoms with E-state index in [0.29, 0.717) is 17.2 Å². The lowest BCUT2D eigenvalue weighted by Gasteiger charge is -2.31. The topological polar surface area (TPSA) is 65.1 Å². The molecular formula is C25H36N6S. The molecule has 0 spiro atoms. The summed E-state index contributed by atoms with van der Waals surface area (Å²) in [5.41, 5.74) is 6.16. The molecule has 0 radical (unpaired) electrons. The number of rotatable bonds is 5. The summed E-state index contributed by atoms with van der Waals surface area (Å²) in [4.78, 5) is 11.9. The van der Waals surface area contributed by atoms with Gasteiger partial charge in [-0.05, 0) is 94.6 Å². The first kappa shape index (κ1) is 22.8. The van der Waals surface area contributed by atoms with Crippen LogP contribution in [-0.2, 0) is 12.8 Å². The minimum absolute atomic E-state index is 0.403. The van der Waals surface area contributed by atoms with Gasteiger partial charge in [0.2, 0.25) is 5.95 Å². The van der Waals surface area contributed by atoms with Gasteiger partial charge in [0.25, 0.3) is 0 Å². The van der Waals surface area contributed by atoms with Crippen molar-refractivity contribution in [1.82, 2.24) is 15.3 Å². The van der Waals surface area contributed by atoms with Gasteiger partial charge in [0.15, 0.2) is 5.11 Å². The monoisotopic (exact) mass is 452 g/mol. The number of nitrogens with zero attached hydrogens (tertiary/aromatic N) is 3. The Kier molecular flexibility index (Phi) is 7.13. The smallest absolute Gasteiger partial charge is 0.225 e. The highest BCUT2D eigenvalue weighted by Gasteiger charge is 2.24. The molecule has 0 atom stereocenters. The average molecular weight is 453 g/mol. The van der Waals surface area contributed by atoms with Crippen LogP contribution in [0, 0.1) is 13.8 Å². The zero-order valence-corrected chi connectivity index (χ0v) is 20.6. The highest BCUT2D eigenvalue weighted by Crippen LogP contribution is 2.29. The van der Waals surface area contributed by atoms with Crippen LogP contribution in [0.4, 0.5) is 17.5 Å². The molecule has 1 saturated carbocycles. The minimum Gasteiger partial charge on any atom is -0.362 e. The molecule has 0 amide bonds. The molecule has 0 saturated heterocycles. The first-order valence-corrected chi connectivity index (χ1v) is 12.3. The summed E-state index contributed by atoms with van der Waals surface area (Å²) in [7, 11) is 4.15. The van der Waals surface area contributed by atoms with Gasteiger partial charge in [0, 0.05) is 37.4 Å². The molecule has 1 aromatic carbocycles. The van der Waals surface area contributed by atoms with Crippen molar-refractivity contribution >= 4 is 34.8 Å². The average Bonchev–Trinajstić information content (AvgIpc) is 2.77. The lowest BCUT2D eigenvalue weighted by molar-refractivity contribution is 0.387. The van der Waals surface area contributed by atoms with E-state index in [2.05, 4.69) is 67.0 Å². The Morgan fingerprint density at radius 2 is 1.72 bits per heavy atom. The van der Waals surface area contributed by atoms with E-state index in [1.54, 1.807) is 0 Å². The van der Waals surface area contributed by atoms with E-state index in [0.717, 1.165) is 56.0 Å². The van der Waals surface area contributed by atoms with Crippen LogP contribution in [0.2, 0.25) is 0 Å². The van der Waals surface area contributed by atoms with Crippen molar-refractivity contribution in [1.29, 1.82) is 0 Å². The van der Waals surface area contributed by atoms with Crippen LogP contribution in [-0.4, -0.2) is 41.3 Å². The second-order valence-corrected chi connectivity index (χ2v) is 9.84. The number of anilines is 3. The Morgan fingerprint density at radius 3 is 2.47 bits per heavy atom. The maximum Gasteiger partial charge on any atom is 0.225 e. The zero-order chi connectivity index (χ0) is 22.7. The Hall–Kier alpha value is -2.41. The van der Waals surface area contributed by atoms with E-state index in [4.69, 9.17) is 22.2 Å². The number of thiocarbonyl (C=S) groups is 1. The van der Waals surface area contributed by atoms with Gasteiger partial charge in [-0.15, -0.1) is 0 Å². The number of aromatic nitrogens is 2. The van der Waals surface area contributed by atoms with Crippen molar-refractivity contribution in [3.05, 3.63) is 40.6 Å². The Labute approximate surface area is 197 Å². The summed E-state index contributed by atoms with van der Waals surface area (Å²) in [6.07, 6.45) is 8.95. The fourth-order valence-corrected chi connectivity index (χ4v) is 5.08. The number of fused-ring (bicyclic) bond motifs is 1. The SMILES string of the molecule is Cc1cccc(NC(=S)N[C@H]2CC[C@@H](Nc3nc4c(c(N(C)C)n3)CCCC4)CC2)c1C. The van der Waals surface area contributed by atoms with E-state index >= 15 is 0 Å². The first-order chi connectivity index (χ1) is 15.4. The number of benzene rings is 1. The Balaban J connectivity index is 1.31. The van der Waals surface area contributed by atoms with Crippen LogP contribution in [0.15, 0.2) is 18.2 Å². The molecule has 0 aliphatic heterocycles. The summed E-state index contributed by atoms with van der Waals surface area (Å²) >= 11 is 5.59. The fourth-order valence-electron chi connectivity index (χ4n) is 4.80. The van der Waals surface area contributed by atoms with Gasteiger partial charge in [0.1, 0.15) is 5.82 Å². The molecule has 7 heteroatoms. The molecule has 1 aromatic heterocycles. The molecule has 32 heavy (non-hydrogen) atoms. The van der Waals surface area contributed by atoms with Crippen LogP contribution in [0.1, 0.15) is 60.9 Å². The van der Waals surface area contributed by atoms with Gasteiger partial charge in [-0.25, -0.2) is 4.98 Å². The second kappa shape index (κ2) is 10.0. The lowest BCUT2D eigenvalue weighted by atomic mass is 9.91. The van der Waals surface area contributed by atoms with Crippen molar-refractivity contribution < 1.29 is 0 Å². The van der Waals surface area contributed by atoms with Crippen LogP contribution >= 0.6 is 12.2 Å². The summed E-state index contributed by atoms with van der Waals surface area (Å²) in [6.45, 7) is 4.25. The number of hydrogen-bond acceptors (Lipinski definition) is 5. The lowest BCUT2D eigenvalue weighted by Crippen LogP contribution is -2.42. The van der Waals surface area contributed by atoms with Crippen LogP contribution in [0.25, 0.3) is 0 Å². The molecule has 2 aromatic rings. The summed E-state index contributed by atoms with van der Waals surface area (Å²) in [5, 5.41) is 11.2. The molecule has 3 N–H and O–H groups in total. The molecule has 6 nitrogen and oxygen atoms in total. The van der Waals surface area contributed by atoms with Crippen LogP contribution in [0.3, 0.4) is 0 Å². The number of aryl methyl sites for hydroxylation is 2. The number of hydrogen-bond donors (Lipinski definition) is 3. The van der Waals surface area contributed by atoms with E-state index in [1.165, 1.54) is 35.2 Å². The molecule has 4 rings (SSSR count).